The number of carbonyl (C=O) groups is 1. The number of aromatic nitrogens is 2. The molecule has 1 saturated heterocycles. The molecular formula is C19H25N3O2. The molecule has 1 atom stereocenters. The van der Waals surface area contributed by atoms with E-state index < -0.39 is 0 Å². The average Bonchev–Trinajstić information content (AvgIpc) is 2.99. The largest absolute Gasteiger partial charge is 0.375 e. The summed E-state index contributed by atoms with van der Waals surface area (Å²) < 4.78 is 6.12. The molecule has 1 aliphatic heterocycles. The van der Waals surface area contributed by atoms with Crippen molar-refractivity contribution in [1.82, 2.24) is 15.3 Å². The Labute approximate surface area is 142 Å². The van der Waals surface area contributed by atoms with Gasteiger partial charge in [0.25, 0.3) is 0 Å². The third kappa shape index (κ3) is 3.18. The number of ether oxygens (including phenoxy) is 1. The first-order valence-corrected chi connectivity index (χ1v) is 9.08. The number of nitrogens with zero attached hydrogens (tertiary/aromatic N) is 1. The minimum atomic E-state index is 0.0269. The van der Waals surface area contributed by atoms with Crippen LogP contribution in [0.2, 0.25) is 0 Å². The van der Waals surface area contributed by atoms with E-state index in [1.54, 1.807) is 6.20 Å². The fraction of sp³-hybridized carbons (Fsp3) is 0.579. The molecule has 5 nitrogen and oxygen atoms in total. The van der Waals surface area contributed by atoms with Gasteiger partial charge in [-0.2, -0.15) is 0 Å². The number of nitrogens with one attached hydrogen (secondary N) is 2. The molecule has 2 aromatic rings. The summed E-state index contributed by atoms with van der Waals surface area (Å²) in [5.41, 5.74) is 1.88. The van der Waals surface area contributed by atoms with Gasteiger partial charge in [-0.25, -0.2) is 4.98 Å². The molecule has 2 fully saturated rings. The van der Waals surface area contributed by atoms with Crippen LogP contribution in [0.5, 0.6) is 0 Å². The van der Waals surface area contributed by atoms with Crippen LogP contribution in [0, 0.1) is 0 Å². The van der Waals surface area contributed by atoms with E-state index in [2.05, 4.69) is 15.3 Å². The van der Waals surface area contributed by atoms with Crippen molar-refractivity contribution in [2.24, 2.45) is 0 Å². The minimum Gasteiger partial charge on any atom is -0.375 e. The van der Waals surface area contributed by atoms with Crippen LogP contribution < -0.4 is 5.32 Å². The normalized spacial score (nSPS) is 23.4. The molecule has 1 saturated carbocycles. The fourth-order valence-corrected chi connectivity index (χ4v) is 4.31. The van der Waals surface area contributed by atoms with Gasteiger partial charge in [-0.15, -0.1) is 0 Å². The Hall–Kier alpha value is -1.88. The zero-order valence-electron chi connectivity index (χ0n) is 14.0. The number of aromatic amines is 1. The monoisotopic (exact) mass is 327 g/mol. The second-order valence-corrected chi connectivity index (χ2v) is 7.24. The summed E-state index contributed by atoms with van der Waals surface area (Å²) >= 11 is 0. The summed E-state index contributed by atoms with van der Waals surface area (Å²) in [6.07, 6.45) is 12.1. The van der Waals surface area contributed by atoms with E-state index >= 15 is 0 Å². The van der Waals surface area contributed by atoms with E-state index in [9.17, 15) is 4.79 Å². The minimum absolute atomic E-state index is 0.0269. The first-order valence-electron chi connectivity index (χ1n) is 9.08. The Morgan fingerprint density at radius 3 is 3.12 bits per heavy atom. The molecule has 2 aliphatic rings. The Kier molecular flexibility index (Phi) is 4.27. The zero-order valence-corrected chi connectivity index (χ0v) is 14.0. The van der Waals surface area contributed by atoms with Crippen LogP contribution in [0.1, 0.15) is 50.5 Å². The molecule has 1 unspecified atom stereocenters. The fourth-order valence-electron chi connectivity index (χ4n) is 4.31. The molecule has 2 aromatic heterocycles. The van der Waals surface area contributed by atoms with Gasteiger partial charge in [0, 0.05) is 30.4 Å². The highest BCUT2D eigenvalue weighted by Crippen LogP contribution is 2.38. The Bertz CT molecular complexity index is 713. The first-order chi connectivity index (χ1) is 11.7. The highest BCUT2D eigenvalue weighted by molar-refractivity contribution is 5.87. The van der Waals surface area contributed by atoms with Crippen molar-refractivity contribution in [3.8, 4) is 0 Å². The van der Waals surface area contributed by atoms with Crippen molar-refractivity contribution in [3.63, 3.8) is 0 Å². The second kappa shape index (κ2) is 6.55. The van der Waals surface area contributed by atoms with Gasteiger partial charge in [-0.05, 0) is 43.4 Å². The number of rotatable bonds is 3. The van der Waals surface area contributed by atoms with Crippen LogP contribution in [-0.4, -0.2) is 34.1 Å². The number of amides is 1. The van der Waals surface area contributed by atoms with E-state index in [0.29, 0.717) is 6.42 Å². The van der Waals surface area contributed by atoms with Crippen molar-refractivity contribution >= 4 is 16.9 Å². The third-order valence-corrected chi connectivity index (χ3v) is 5.51. The quantitative estimate of drug-likeness (QED) is 0.910. The number of H-pyrrole nitrogens is 1. The second-order valence-electron chi connectivity index (χ2n) is 7.24. The molecule has 0 radical (unpaired) electrons. The van der Waals surface area contributed by atoms with Crippen LogP contribution in [0.25, 0.3) is 11.0 Å². The van der Waals surface area contributed by atoms with Crippen LogP contribution >= 0.6 is 0 Å². The van der Waals surface area contributed by atoms with Crippen molar-refractivity contribution in [1.29, 1.82) is 0 Å². The summed E-state index contributed by atoms with van der Waals surface area (Å²) in [7, 11) is 0. The molecule has 1 amide bonds. The van der Waals surface area contributed by atoms with Gasteiger partial charge in [0.1, 0.15) is 5.65 Å². The Morgan fingerprint density at radius 1 is 1.38 bits per heavy atom. The van der Waals surface area contributed by atoms with Crippen molar-refractivity contribution < 1.29 is 9.53 Å². The van der Waals surface area contributed by atoms with Gasteiger partial charge in [0.15, 0.2) is 0 Å². The third-order valence-electron chi connectivity index (χ3n) is 5.51. The maximum absolute atomic E-state index is 12.5. The molecule has 5 heteroatoms. The SMILES string of the molecule is O=C(Cc1c[nH]c2ncccc12)NC1CCOC2(CCCCC2)C1. The lowest BCUT2D eigenvalue weighted by Crippen LogP contribution is -2.49. The van der Waals surface area contributed by atoms with Crippen LogP contribution in [0.15, 0.2) is 24.5 Å². The molecule has 4 rings (SSSR count). The van der Waals surface area contributed by atoms with E-state index in [-0.39, 0.29) is 17.6 Å². The lowest BCUT2D eigenvalue weighted by molar-refractivity contribution is -0.128. The van der Waals surface area contributed by atoms with Gasteiger partial charge >= 0.3 is 0 Å². The summed E-state index contributed by atoms with van der Waals surface area (Å²) in [6, 6.07) is 4.16. The first kappa shape index (κ1) is 15.6. The highest BCUT2D eigenvalue weighted by atomic mass is 16.5. The van der Waals surface area contributed by atoms with Gasteiger partial charge in [-0.3, -0.25) is 4.79 Å². The molecule has 0 bridgehead atoms. The number of hydrogen-bond donors (Lipinski definition) is 2. The summed E-state index contributed by atoms with van der Waals surface area (Å²) in [5, 5.41) is 4.27. The molecule has 3 heterocycles. The van der Waals surface area contributed by atoms with Gasteiger partial charge in [0.05, 0.1) is 12.0 Å². The van der Waals surface area contributed by atoms with Gasteiger partial charge in [0.2, 0.25) is 5.91 Å². The Morgan fingerprint density at radius 2 is 2.25 bits per heavy atom. The zero-order chi connectivity index (χ0) is 16.4. The van der Waals surface area contributed by atoms with Gasteiger partial charge in [-0.1, -0.05) is 19.3 Å². The van der Waals surface area contributed by atoms with Crippen molar-refractivity contribution in [2.75, 3.05) is 6.61 Å². The van der Waals surface area contributed by atoms with E-state index in [0.717, 1.165) is 48.9 Å². The van der Waals surface area contributed by atoms with Crippen LogP contribution in [0.3, 0.4) is 0 Å². The highest BCUT2D eigenvalue weighted by Gasteiger charge is 2.38. The van der Waals surface area contributed by atoms with E-state index in [1.807, 2.05) is 18.3 Å². The standard InChI is InChI=1S/C19H25N3O2/c23-17(11-14-13-21-18-16(14)5-4-9-20-18)22-15-6-10-24-19(12-15)7-2-1-3-8-19/h4-5,9,13,15H,1-3,6-8,10-12H2,(H,20,21)(H,22,23). The maximum Gasteiger partial charge on any atom is 0.224 e. The summed E-state index contributed by atoms with van der Waals surface area (Å²) in [5.74, 6) is 0.0950. The smallest absolute Gasteiger partial charge is 0.224 e. The summed E-state index contributed by atoms with van der Waals surface area (Å²) in [6.45, 7) is 0.766. The lowest BCUT2D eigenvalue weighted by atomic mass is 9.78. The summed E-state index contributed by atoms with van der Waals surface area (Å²) in [4.78, 5) is 19.9. The topological polar surface area (TPSA) is 67.0 Å². The molecular weight excluding hydrogens is 302 g/mol. The molecule has 0 aromatic carbocycles. The average molecular weight is 327 g/mol. The maximum atomic E-state index is 12.5. The van der Waals surface area contributed by atoms with E-state index in [4.69, 9.17) is 4.74 Å². The molecule has 128 valence electrons. The van der Waals surface area contributed by atoms with Crippen molar-refractivity contribution in [3.05, 3.63) is 30.1 Å². The number of carbonyl (C=O) groups excluding carboxylic acids is 1. The predicted octanol–water partition coefficient (Wildman–Crippen LogP) is 3.10. The number of hydrogen-bond acceptors (Lipinski definition) is 3. The molecule has 2 N–H and O–H groups in total. The molecule has 1 spiro atoms. The van der Waals surface area contributed by atoms with Crippen LogP contribution in [-0.2, 0) is 16.0 Å². The molecule has 1 aliphatic carbocycles. The molecule has 24 heavy (non-hydrogen) atoms. The number of fused-ring (bicyclic) bond motifs is 1. The predicted molar refractivity (Wildman–Crippen MR) is 92.7 cm³/mol. The lowest BCUT2D eigenvalue weighted by Gasteiger charge is -2.43. The van der Waals surface area contributed by atoms with E-state index in [1.165, 1.54) is 19.3 Å². The van der Waals surface area contributed by atoms with Crippen molar-refractivity contribution in [2.45, 2.75) is 63.0 Å². The Balaban J connectivity index is 1.39. The number of pyridine rings is 1. The van der Waals surface area contributed by atoms with Gasteiger partial charge < -0.3 is 15.0 Å². The van der Waals surface area contributed by atoms with Crippen LogP contribution in [0.4, 0.5) is 0 Å².